The Labute approximate surface area is 113 Å². The molecule has 8 nitrogen and oxygen atoms in total. The lowest BCUT2D eigenvalue weighted by Gasteiger charge is -2.26. The van der Waals surface area contributed by atoms with Crippen molar-refractivity contribution >= 4 is 17.5 Å². The number of fused-ring (bicyclic) bond motifs is 1. The highest BCUT2D eigenvalue weighted by Crippen LogP contribution is 1.98. The van der Waals surface area contributed by atoms with Crippen molar-refractivity contribution in [3.8, 4) is 0 Å². The number of piperazine rings is 1. The molecule has 0 unspecified atom stereocenters. The van der Waals surface area contributed by atoms with Gasteiger partial charge in [0, 0.05) is 19.3 Å². The van der Waals surface area contributed by atoms with E-state index in [-0.39, 0.29) is 30.6 Å². The van der Waals surface area contributed by atoms with Crippen molar-refractivity contribution < 1.29 is 9.59 Å². The molecule has 3 rings (SSSR count). The number of pyridine rings is 1. The molecule has 1 fully saturated rings. The monoisotopic (exact) mass is 275 g/mol. The number of hydrogen-bond acceptors (Lipinski definition) is 4. The number of hydrogen-bond donors (Lipinski definition) is 1. The Hall–Kier alpha value is -2.64. The standard InChI is InChI=1S/C12H13N5O3/c18-10-7-15(6-4-13-10)11(19)8-17-12(20)16-5-2-1-3-9(16)14-17/h1-3,5H,4,6-8H2,(H,13,18). The zero-order chi connectivity index (χ0) is 14.1. The van der Waals surface area contributed by atoms with Crippen molar-refractivity contribution in [2.45, 2.75) is 6.54 Å². The lowest BCUT2D eigenvalue weighted by atomic mass is 10.3. The van der Waals surface area contributed by atoms with E-state index in [1.165, 1.54) is 9.30 Å². The van der Waals surface area contributed by atoms with Gasteiger partial charge in [-0.3, -0.25) is 14.0 Å². The van der Waals surface area contributed by atoms with Crippen molar-refractivity contribution in [1.29, 1.82) is 0 Å². The normalized spacial score (nSPS) is 15.4. The average Bonchev–Trinajstić information content (AvgIpc) is 2.76. The zero-order valence-electron chi connectivity index (χ0n) is 10.7. The molecule has 20 heavy (non-hydrogen) atoms. The summed E-state index contributed by atoms with van der Waals surface area (Å²) in [7, 11) is 0. The third-order valence-electron chi connectivity index (χ3n) is 3.16. The molecule has 2 aromatic rings. The summed E-state index contributed by atoms with van der Waals surface area (Å²) in [6.07, 6.45) is 1.60. The smallest absolute Gasteiger partial charge is 0.350 e. The Morgan fingerprint density at radius 3 is 2.95 bits per heavy atom. The Bertz CT molecular complexity index is 732. The first-order valence-electron chi connectivity index (χ1n) is 6.24. The maximum atomic E-state index is 12.1. The molecule has 8 heteroatoms. The lowest BCUT2D eigenvalue weighted by molar-refractivity contribution is -0.138. The van der Waals surface area contributed by atoms with E-state index >= 15 is 0 Å². The second-order valence-electron chi connectivity index (χ2n) is 4.53. The fourth-order valence-corrected chi connectivity index (χ4v) is 2.15. The van der Waals surface area contributed by atoms with E-state index in [1.807, 2.05) is 0 Å². The molecule has 3 heterocycles. The van der Waals surface area contributed by atoms with Crippen LogP contribution in [0.3, 0.4) is 0 Å². The van der Waals surface area contributed by atoms with Crippen LogP contribution in [0.1, 0.15) is 0 Å². The van der Waals surface area contributed by atoms with E-state index in [1.54, 1.807) is 24.4 Å². The second kappa shape index (κ2) is 4.80. The van der Waals surface area contributed by atoms with Crippen LogP contribution in [0.25, 0.3) is 5.65 Å². The van der Waals surface area contributed by atoms with Gasteiger partial charge in [0.25, 0.3) is 0 Å². The summed E-state index contributed by atoms with van der Waals surface area (Å²) in [6, 6.07) is 5.18. The molecule has 0 radical (unpaired) electrons. The predicted octanol–water partition coefficient (Wildman–Crippen LogP) is -1.55. The van der Waals surface area contributed by atoms with Crippen molar-refractivity contribution in [3.05, 3.63) is 34.9 Å². The highest BCUT2D eigenvalue weighted by atomic mass is 16.2. The van der Waals surface area contributed by atoms with Crippen LogP contribution in [0.15, 0.2) is 29.2 Å². The van der Waals surface area contributed by atoms with Crippen LogP contribution >= 0.6 is 0 Å². The minimum atomic E-state index is -0.365. The molecule has 104 valence electrons. The molecule has 2 aromatic heterocycles. The number of rotatable bonds is 2. The zero-order valence-corrected chi connectivity index (χ0v) is 10.7. The quantitative estimate of drug-likeness (QED) is 0.719. The first-order valence-corrected chi connectivity index (χ1v) is 6.24. The first-order chi connectivity index (χ1) is 9.65. The van der Waals surface area contributed by atoms with Crippen molar-refractivity contribution in [2.24, 2.45) is 0 Å². The minimum Gasteiger partial charge on any atom is -0.353 e. The molecular weight excluding hydrogens is 262 g/mol. The molecule has 0 spiro atoms. The molecule has 2 amide bonds. The van der Waals surface area contributed by atoms with E-state index in [4.69, 9.17) is 0 Å². The molecule has 0 bridgehead atoms. The molecular formula is C12H13N5O3. The fraction of sp³-hybridized carbons (Fsp3) is 0.333. The van der Waals surface area contributed by atoms with E-state index in [0.29, 0.717) is 18.7 Å². The van der Waals surface area contributed by atoms with Crippen LogP contribution in [-0.2, 0) is 16.1 Å². The SMILES string of the molecule is O=C1CN(C(=O)Cn2nc3ccccn3c2=O)CCN1. The number of aromatic nitrogens is 3. The molecule has 1 aliphatic rings. The summed E-state index contributed by atoms with van der Waals surface area (Å²) in [5.74, 6) is -0.475. The van der Waals surface area contributed by atoms with E-state index < -0.39 is 0 Å². The number of nitrogens with one attached hydrogen (secondary N) is 1. The number of nitrogens with zero attached hydrogens (tertiary/aromatic N) is 4. The Kier molecular flexibility index (Phi) is 2.97. The highest BCUT2D eigenvalue weighted by molar-refractivity contribution is 5.85. The number of carbonyl (C=O) groups is 2. The van der Waals surface area contributed by atoms with Crippen LogP contribution in [0.5, 0.6) is 0 Å². The Morgan fingerprint density at radius 1 is 1.35 bits per heavy atom. The summed E-state index contributed by atoms with van der Waals surface area (Å²) in [5.41, 5.74) is 0.122. The van der Waals surface area contributed by atoms with E-state index in [2.05, 4.69) is 10.4 Å². The summed E-state index contributed by atoms with van der Waals surface area (Å²) < 4.78 is 2.49. The molecule has 1 aliphatic heterocycles. The largest absolute Gasteiger partial charge is 0.353 e. The fourth-order valence-electron chi connectivity index (χ4n) is 2.15. The van der Waals surface area contributed by atoms with Gasteiger partial charge >= 0.3 is 5.69 Å². The first kappa shape index (κ1) is 12.4. The summed E-state index contributed by atoms with van der Waals surface area (Å²) in [5, 5.41) is 6.73. The van der Waals surface area contributed by atoms with Gasteiger partial charge in [-0.2, -0.15) is 0 Å². The van der Waals surface area contributed by atoms with Gasteiger partial charge in [0.1, 0.15) is 6.54 Å². The highest BCUT2D eigenvalue weighted by Gasteiger charge is 2.22. The molecule has 1 saturated heterocycles. The second-order valence-corrected chi connectivity index (χ2v) is 4.53. The van der Waals surface area contributed by atoms with Gasteiger partial charge in [-0.1, -0.05) is 6.07 Å². The summed E-state index contributed by atoms with van der Waals surface area (Å²) >= 11 is 0. The number of carbonyl (C=O) groups excluding carboxylic acids is 2. The van der Waals surface area contributed by atoms with Crippen LogP contribution < -0.4 is 11.0 Å². The number of amides is 2. The molecule has 0 atom stereocenters. The van der Waals surface area contributed by atoms with Gasteiger partial charge in [0.05, 0.1) is 6.54 Å². The van der Waals surface area contributed by atoms with Crippen molar-refractivity contribution in [3.63, 3.8) is 0 Å². The Balaban J connectivity index is 1.82. The molecule has 0 aliphatic carbocycles. The van der Waals surface area contributed by atoms with E-state index in [0.717, 1.165) is 4.68 Å². The third kappa shape index (κ3) is 2.15. The van der Waals surface area contributed by atoms with Gasteiger partial charge in [-0.15, -0.1) is 5.10 Å². The topological polar surface area (TPSA) is 88.7 Å². The van der Waals surface area contributed by atoms with Crippen LogP contribution in [0.2, 0.25) is 0 Å². The summed E-state index contributed by atoms with van der Waals surface area (Å²) in [6.45, 7) is 0.756. The maximum absolute atomic E-state index is 12.1. The lowest BCUT2D eigenvalue weighted by Crippen LogP contribution is -2.51. The summed E-state index contributed by atoms with van der Waals surface area (Å²) in [4.78, 5) is 36.8. The van der Waals surface area contributed by atoms with Gasteiger partial charge in [-0.05, 0) is 12.1 Å². The third-order valence-corrected chi connectivity index (χ3v) is 3.16. The van der Waals surface area contributed by atoms with Crippen molar-refractivity contribution in [2.75, 3.05) is 19.6 Å². The van der Waals surface area contributed by atoms with Gasteiger partial charge in [-0.25, -0.2) is 9.48 Å². The van der Waals surface area contributed by atoms with Crippen molar-refractivity contribution in [1.82, 2.24) is 24.4 Å². The maximum Gasteiger partial charge on any atom is 0.350 e. The molecule has 1 N–H and O–H groups in total. The molecule has 0 aromatic carbocycles. The predicted molar refractivity (Wildman–Crippen MR) is 69.0 cm³/mol. The van der Waals surface area contributed by atoms with Crippen LogP contribution in [0.4, 0.5) is 0 Å². The van der Waals surface area contributed by atoms with Crippen LogP contribution in [0, 0.1) is 0 Å². The minimum absolute atomic E-state index is 0.0287. The molecule has 0 saturated carbocycles. The van der Waals surface area contributed by atoms with Gasteiger partial charge in [0.15, 0.2) is 5.65 Å². The van der Waals surface area contributed by atoms with Gasteiger partial charge in [0.2, 0.25) is 11.8 Å². The Morgan fingerprint density at radius 2 is 2.20 bits per heavy atom. The average molecular weight is 275 g/mol. The van der Waals surface area contributed by atoms with Crippen LogP contribution in [-0.4, -0.2) is 50.5 Å². The van der Waals surface area contributed by atoms with E-state index in [9.17, 15) is 14.4 Å². The van der Waals surface area contributed by atoms with Gasteiger partial charge < -0.3 is 10.2 Å².